The Morgan fingerprint density at radius 2 is 2.00 bits per heavy atom. The Morgan fingerprint density at radius 3 is 2.70 bits per heavy atom. The van der Waals surface area contributed by atoms with Gasteiger partial charge in [0.1, 0.15) is 18.5 Å². The van der Waals surface area contributed by atoms with Gasteiger partial charge in [0.15, 0.2) is 11.6 Å². The highest BCUT2D eigenvalue weighted by Crippen LogP contribution is 2.31. The van der Waals surface area contributed by atoms with E-state index in [9.17, 15) is 13.2 Å². The van der Waals surface area contributed by atoms with E-state index in [2.05, 4.69) is 16.3 Å². The number of aromatic nitrogens is 1. The van der Waals surface area contributed by atoms with E-state index in [4.69, 9.17) is 21.1 Å². The van der Waals surface area contributed by atoms with Crippen molar-refractivity contribution in [2.75, 3.05) is 18.6 Å². The Morgan fingerprint density at radius 1 is 1.24 bits per heavy atom. The minimum Gasteiger partial charge on any atom is -0.485 e. The number of anilines is 1. The zero-order chi connectivity index (χ0) is 27.2. The molecule has 8 nitrogen and oxygen atoms in total. The zero-order valence-corrected chi connectivity index (χ0v) is 23.4. The van der Waals surface area contributed by atoms with Crippen molar-refractivity contribution in [1.29, 1.82) is 0 Å². The molecule has 10 heteroatoms. The largest absolute Gasteiger partial charge is 0.485 e. The average Bonchev–Trinajstić information content (AvgIpc) is 2.90. The van der Waals surface area contributed by atoms with Crippen LogP contribution in [0, 0.1) is 5.92 Å². The number of rotatable bonds is 8. The highest BCUT2D eigenvalue weighted by molar-refractivity contribution is 7.90. The predicted molar refractivity (Wildman–Crippen MR) is 147 cm³/mol. The molecule has 2 heterocycles. The van der Waals surface area contributed by atoms with Crippen LogP contribution in [0.4, 0.5) is 5.82 Å². The summed E-state index contributed by atoms with van der Waals surface area (Å²) in [5, 5.41) is -0.0964. The third-order valence-electron chi connectivity index (χ3n) is 6.83. The molecule has 1 aliphatic heterocycles. The molecule has 2 aromatic rings. The number of sulfonamides is 1. The van der Waals surface area contributed by atoms with Crippen LogP contribution in [-0.4, -0.2) is 44.4 Å². The Labute approximate surface area is 225 Å². The molecule has 3 rings (SSSR count). The lowest BCUT2D eigenvalue weighted by molar-refractivity contribution is 0.0974. The van der Waals surface area contributed by atoms with Gasteiger partial charge in [0.25, 0.3) is 5.91 Å². The van der Waals surface area contributed by atoms with Crippen molar-refractivity contribution >= 4 is 33.3 Å². The summed E-state index contributed by atoms with van der Waals surface area (Å²) in [7, 11) is -2.32. The number of pyridine rings is 1. The predicted octanol–water partition coefficient (Wildman–Crippen LogP) is 5.11. The molecule has 0 fully saturated rings. The van der Waals surface area contributed by atoms with Crippen LogP contribution in [0.25, 0.3) is 0 Å². The van der Waals surface area contributed by atoms with Crippen molar-refractivity contribution in [1.82, 2.24) is 9.71 Å². The summed E-state index contributed by atoms with van der Waals surface area (Å²) in [6, 6.07) is 8.89. The molecule has 0 aliphatic carbocycles. The second kappa shape index (κ2) is 12.8. The van der Waals surface area contributed by atoms with Crippen molar-refractivity contribution < 1.29 is 22.7 Å². The van der Waals surface area contributed by atoms with Crippen LogP contribution >= 0.6 is 11.6 Å². The number of methoxy groups -OCH3 is 1. The van der Waals surface area contributed by atoms with Gasteiger partial charge in [0.2, 0.25) is 10.0 Å². The molecule has 0 radical (unpaired) electrons. The van der Waals surface area contributed by atoms with E-state index in [1.54, 1.807) is 33.1 Å². The summed E-state index contributed by atoms with van der Waals surface area (Å²) >= 11 is 6.23. The number of halogens is 1. The lowest BCUT2D eigenvalue weighted by atomic mass is 10.0. The van der Waals surface area contributed by atoms with Crippen LogP contribution in [0.1, 0.15) is 61.6 Å². The summed E-state index contributed by atoms with van der Waals surface area (Å²) in [5.74, 6) is -0.101. The lowest BCUT2D eigenvalue weighted by Crippen LogP contribution is -2.40. The fourth-order valence-corrected chi connectivity index (χ4v) is 5.69. The molecule has 1 aromatic carbocycles. The molecular weight excluding hydrogens is 514 g/mol. The summed E-state index contributed by atoms with van der Waals surface area (Å²) in [6.07, 6.45) is 4.44. The molecule has 0 saturated carbocycles. The van der Waals surface area contributed by atoms with E-state index in [0.717, 1.165) is 30.4 Å². The second-order valence-corrected chi connectivity index (χ2v) is 11.9. The molecule has 37 heavy (non-hydrogen) atoms. The topological polar surface area (TPSA) is 97.8 Å². The number of nitrogens with one attached hydrogen (secondary N) is 1. The Bertz CT molecular complexity index is 1220. The van der Waals surface area contributed by atoms with E-state index in [0.29, 0.717) is 36.2 Å². The third-order valence-corrected chi connectivity index (χ3v) is 8.98. The Hall–Kier alpha value is -2.62. The van der Waals surface area contributed by atoms with Crippen molar-refractivity contribution in [2.24, 2.45) is 5.92 Å². The van der Waals surface area contributed by atoms with Gasteiger partial charge in [-0.05, 0) is 80.8 Å². The van der Waals surface area contributed by atoms with Gasteiger partial charge in [-0.2, -0.15) is 0 Å². The minimum atomic E-state index is -3.92. The van der Waals surface area contributed by atoms with E-state index in [-0.39, 0.29) is 17.8 Å². The quantitative estimate of drug-likeness (QED) is 0.457. The number of aryl methyl sites for hydroxylation is 1. The van der Waals surface area contributed by atoms with Crippen LogP contribution in [0.5, 0.6) is 5.75 Å². The fourth-order valence-electron chi connectivity index (χ4n) is 4.22. The summed E-state index contributed by atoms with van der Waals surface area (Å²) in [6.45, 7) is 9.85. The number of benzene rings is 1. The fraction of sp³-hybridized carbons (Fsp3) is 0.481. The van der Waals surface area contributed by atoms with Gasteiger partial charge >= 0.3 is 0 Å². The molecule has 1 N–H and O–H groups in total. The van der Waals surface area contributed by atoms with E-state index in [1.807, 2.05) is 30.0 Å². The van der Waals surface area contributed by atoms with E-state index in [1.165, 1.54) is 6.07 Å². The average molecular weight is 550 g/mol. The number of carbonyl (C=O) groups excluding carboxylic acids is 1. The van der Waals surface area contributed by atoms with Crippen molar-refractivity contribution in [3.8, 4) is 5.75 Å². The highest BCUT2D eigenvalue weighted by atomic mass is 35.5. The Balaban J connectivity index is 1.95. The molecule has 0 spiro atoms. The number of ether oxygens (including phenoxy) is 2. The molecule has 1 unspecified atom stereocenters. The van der Waals surface area contributed by atoms with Crippen LogP contribution in [0.2, 0.25) is 5.02 Å². The number of allylic oxidation sites excluding steroid dienone is 1. The van der Waals surface area contributed by atoms with Crippen molar-refractivity contribution in [3.63, 3.8) is 0 Å². The van der Waals surface area contributed by atoms with Crippen molar-refractivity contribution in [2.45, 2.75) is 64.5 Å². The van der Waals surface area contributed by atoms with E-state index < -0.39 is 21.2 Å². The Kier molecular flexibility index (Phi) is 9.98. The van der Waals surface area contributed by atoms with E-state index >= 15 is 0 Å². The molecule has 1 aliphatic rings. The number of hydrogen-bond acceptors (Lipinski definition) is 7. The molecule has 0 saturated heterocycles. The lowest BCUT2D eigenvalue weighted by Gasteiger charge is -2.30. The summed E-state index contributed by atoms with van der Waals surface area (Å²) in [5.41, 5.74) is 2.14. The standard InChI is InChI=1S/C27H36ClN3O5S/c1-6-9-18(2)19(3)37(33,34)30-27(32)24-13-14-25-26(29-24)31(20(4)35-5)15-8-7-10-21-16-23(28)12-11-22(21)17-36-25/h6,11-14,16,18-20H,1,7-10,15,17H2,2-5H3,(H,30,32)/t18-,19+,20?/m0/s1. The van der Waals surface area contributed by atoms with Gasteiger partial charge in [-0.3, -0.25) is 4.79 Å². The van der Waals surface area contributed by atoms with Gasteiger partial charge in [0.05, 0.1) is 5.25 Å². The SMILES string of the molecule is C=CC[C@H](C)[C@@H](C)S(=O)(=O)NC(=O)c1ccc2c(n1)N(C(C)OC)CCCCc1cc(Cl)ccc1CO2. The van der Waals surface area contributed by atoms with Gasteiger partial charge in [-0.25, -0.2) is 18.1 Å². The molecule has 202 valence electrons. The first-order valence-corrected chi connectivity index (χ1v) is 14.4. The zero-order valence-electron chi connectivity index (χ0n) is 21.9. The highest BCUT2D eigenvalue weighted by Gasteiger charge is 2.29. The molecule has 1 aromatic heterocycles. The van der Waals surface area contributed by atoms with Gasteiger partial charge in [-0.15, -0.1) is 6.58 Å². The van der Waals surface area contributed by atoms with Gasteiger partial charge < -0.3 is 14.4 Å². The first-order valence-electron chi connectivity index (χ1n) is 12.4. The maximum Gasteiger partial charge on any atom is 0.283 e. The second-order valence-electron chi connectivity index (χ2n) is 9.39. The number of amides is 1. The van der Waals surface area contributed by atoms with Gasteiger partial charge in [-0.1, -0.05) is 30.7 Å². The van der Waals surface area contributed by atoms with Crippen LogP contribution in [-0.2, 0) is 27.8 Å². The molecular formula is C27H36ClN3O5S. The first-order chi connectivity index (χ1) is 17.6. The summed E-state index contributed by atoms with van der Waals surface area (Å²) < 4.78 is 39.6. The first kappa shape index (κ1) is 28.9. The number of carbonyl (C=O) groups is 1. The smallest absolute Gasteiger partial charge is 0.283 e. The maximum absolute atomic E-state index is 13.0. The normalized spacial score (nSPS) is 16.7. The van der Waals surface area contributed by atoms with Crippen molar-refractivity contribution in [3.05, 3.63) is 64.8 Å². The maximum atomic E-state index is 13.0. The molecule has 0 bridgehead atoms. The molecule has 3 atom stereocenters. The van der Waals surface area contributed by atoms with Crippen LogP contribution in [0.3, 0.4) is 0 Å². The number of nitrogens with zero attached hydrogens (tertiary/aromatic N) is 2. The summed E-state index contributed by atoms with van der Waals surface area (Å²) in [4.78, 5) is 19.5. The third kappa shape index (κ3) is 7.24. The number of hydrogen-bond donors (Lipinski definition) is 1. The van der Waals surface area contributed by atoms with Crippen LogP contribution < -0.4 is 14.4 Å². The minimum absolute atomic E-state index is 0.0233. The molecule has 1 amide bonds. The monoisotopic (exact) mass is 549 g/mol. The van der Waals surface area contributed by atoms with Gasteiger partial charge in [0, 0.05) is 18.7 Å². The van der Waals surface area contributed by atoms with Crippen LogP contribution in [0.15, 0.2) is 43.0 Å². The number of fused-ring (bicyclic) bond motifs is 2.